The van der Waals surface area contributed by atoms with Crippen molar-refractivity contribution in [1.29, 1.82) is 5.26 Å². The van der Waals surface area contributed by atoms with E-state index in [1.165, 1.54) is 0 Å². The molecule has 0 spiro atoms. The van der Waals surface area contributed by atoms with Gasteiger partial charge in [0.1, 0.15) is 6.04 Å². The molecule has 0 bridgehead atoms. The summed E-state index contributed by atoms with van der Waals surface area (Å²) in [5.74, 6) is -0.0709. The molecular weight excluding hydrogens is 242 g/mol. The van der Waals surface area contributed by atoms with E-state index in [0.29, 0.717) is 18.7 Å². The van der Waals surface area contributed by atoms with Gasteiger partial charge in [0.25, 0.3) is 0 Å². The quantitative estimate of drug-likeness (QED) is 0.730. The molecular formula is C14H19N3O2. The molecule has 102 valence electrons. The van der Waals surface area contributed by atoms with Crippen LogP contribution in [0.1, 0.15) is 18.9 Å². The van der Waals surface area contributed by atoms with Gasteiger partial charge >= 0.3 is 0 Å². The molecule has 1 amide bonds. The van der Waals surface area contributed by atoms with Crippen molar-refractivity contribution in [2.75, 3.05) is 25.6 Å². The number of nitrogens with one attached hydrogen (secondary N) is 2. The monoisotopic (exact) mass is 261 g/mol. The van der Waals surface area contributed by atoms with E-state index in [9.17, 15) is 4.79 Å². The Kier molecular flexibility index (Phi) is 6.41. The fraction of sp³-hybridized carbons (Fsp3) is 0.429. The van der Waals surface area contributed by atoms with Gasteiger partial charge in [-0.25, -0.2) is 0 Å². The third-order valence-corrected chi connectivity index (χ3v) is 2.59. The first-order valence-electron chi connectivity index (χ1n) is 6.20. The highest BCUT2D eigenvalue weighted by molar-refractivity contribution is 5.84. The minimum atomic E-state index is -0.350. The van der Waals surface area contributed by atoms with Gasteiger partial charge in [0.15, 0.2) is 0 Å². The van der Waals surface area contributed by atoms with Crippen LogP contribution in [0.4, 0.5) is 5.69 Å². The summed E-state index contributed by atoms with van der Waals surface area (Å²) in [6.07, 6.45) is 0.791. The number of rotatable bonds is 7. The molecule has 0 aromatic heterocycles. The topological polar surface area (TPSA) is 74.2 Å². The van der Waals surface area contributed by atoms with E-state index in [1.807, 2.05) is 6.07 Å². The first-order valence-corrected chi connectivity index (χ1v) is 6.20. The normalized spacial score (nSPS) is 11.4. The summed E-state index contributed by atoms with van der Waals surface area (Å²) < 4.78 is 4.91. The summed E-state index contributed by atoms with van der Waals surface area (Å²) in [7, 11) is 1.63. The van der Waals surface area contributed by atoms with Crippen LogP contribution in [0.15, 0.2) is 24.3 Å². The molecule has 0 aliphatic rings. The maximum absolute atomic E-state index is 11.8. The number of methoxy groups -OCH3 is 1. The van der Waals surface area contributed by atoms with Gasteiger partial charge in [0.05, 0.1) is 11.6 Å². The summed E-state index contributed by atoms with van der Waals surface area (Å²) in [6.45, 7) is 3.01. The van der Waals surface area contributed by atoms with Crippen LogP contribution < -0.4 is 10.6 Å². The molecule has 0 saturated carbocycles. The first kappa shape index (κ1) is 15.0. The molecule has 0 fully saturated rings. The number of hydrogen-bond donors (Lipinski definition) is 2. The van der Waals surface area contributed by atoms with E-state index in [4.69, 9.17) is 10.00 Å². The molecule has 5 heteroatoms. The van der Waals surface area contributed by atoms with Crippen LogP contribution in [0.5, 0.6) is 0 Å². The third-order valence-electron chi connectivity index (χ3n) is 2.59. The van der Waals surface area contributed by atoms with E-state index < -0.39 is 0 Å². The summed E-state index contributed by atoms with van der Waals surface area (Å²) in [6, 6.07) is 8.76. The molecule has 1 unspecified atom stereocenters. The number of hydrogen-bond acceptors (Lipinski definition) is 4. The molecule has 1 rings (SSSR count). The van der Waals surface area contributed by atoms with Gasteiger partial charge in [-0.3, -0.25) is 4.79 Å². The van der Waals surface area contributed by atoms with E-state index >= 15 is 0 Å². The second kappa shape index (κ2) is 8.11. The summed E-state index contributed by atoms with van der Waals surface area (Å²) >= 11 is 0. The lowest BCUT2D eigenvalue weighted by Crippen LogP contribution is -2.38. The Morgan fingerprint density at radius 1 is 1.53 bits per heavy atom. The van der Waals surface area contributed by atoms with Crippen molar-refractivity contribution < 1.29 is 9.53 Å². The van der Waals surface area contributed by atoms with Crippen molar-refractivity contribution in [2.24, 2.45) is 0 Å². The van der Waals surface area contributed by atoms with Gasteiger partial charge < -0.3 is 15.4 Å². The number of amides is 1. The Labute approximate surface area is 113 Å². The molecule has 1 aromatic rings. The zero-order valence-corrected chi connectivity index (χ0v) is 11.3. The van der Waals surface area contributed by atoms with Crippen LogP contribution in [-0.2, 0) is 9.53 Å². The third kappa shape index (κ3) is 5.40. The Morgan fingerprint density at radius 3 is 3.00 bits per heavy atom. The standard InChI is InChI=1S/C14H19N3O2/c1-11(14(18)16-7-4-8-19-2)17-13-6-3-5-12(9-13)10-15/h3,5-6,9,11,17H,4,7-8H2,1-2H3,(H,16,18). The van der Waals surface area contributed by atoms with E-state index in [0.717, 1.165) is 12.1 Å². The molecule has 5 nitrogen and oxygen atoms in total. The average Bonchev–Trinajstić information content (AvgIpc) is 2.43. The highest BCUT2D eigenvalue weighted by Gasteiger charge is 2.11. The summed E-state index contributed by atoms with van der Waals surface area (Å²) in [4.78, 5) is 11.8. The molecule has 0 aliphatic heterocycles. The van der Waals surface area contributed by atoms with Gasteiger partial charge in [-0.2, -0.15) is 5.26 Å². The summed E-state index contributed by atoms with van der Waals surface area (Å²) in [5, 5.41) is 14.7. The minimum absolute atomic E-state index is 0.0709. The van der Waals surface area contributed by atoms with Gasteiger partial charge in [0.2, 0.25) is 5.91 Å². The number of carbonyl (C=O) groups is 1. The molecule has 2 N–H and O–H groups in total. The van der Waals surface area contributed by atoms with Gasteiger partial charge in [-0.1, -0.05) is 6.07 Å². The number of nitriles is 1. The van der Waals surface area contributed by atoms with Crippen LogP contribution in [-0.4, -0.2) is 32.2 Å². The van der Waals surface area contributed by atoms with Crippen molar-refractivity contribution in [3.05, 3.63) is 29.8 Å². The lowest BCUT2D eigenvalue weighted by Gasteiger charge is -2.15. The van der Waals surface area contributed by atoms with Crippen molar-refractivity contribution in [3.8, 4) is 6.07 Å². The Balaban J connectivity index is 2.43. The predicted octanol–water partition coefficient (Wildman–Crippen LogP) is 1.51. The maximum Gasteiger partial charge on any atom is 0.242 e. The SMILES string of the molecule is COCCCNC(=O)C(C)Nc1cccc(C#N)c1. The van der Waals surface area contributed by atoms with Gasteiger partial charge in [-0.15, -0.1) is 0 Å². The van der Waals surface area contributed by atoms with Crippen molar-refractivity contribution in [2.45, 2.75) is 19.4 Å². The number of anilines is 1. The molecule has 0 radical (unpaired) electrons. The average molecular weight is 261 g/mol. The predicted molar refractivity (Wildman–Crippen MR) is 73.7 cm³/mol. The van der Waals surface area contributed by atoms with E-state index in [2.05, 4.69) is 16.7 Å². The second-order valence-corrected chi connectivity index (χ2v) is 4.20. The summed E-state index contributed by atoms with van der Waals surface area (Å²) in [5.41, 5.74) is 1.33. The fourth-order valence-electron chi connectivity index (χ4n) is 1.58. The first-order chi connectivity index (χ1) is 9.17. The van der Waals surface area contributed by atoms with Crippen LogP contribution in [0.25, 0.3) is 0 Å². The number of nitrogens with zero attached hydrogens (tertiary/aromatic N) is 1. The molecule has 0 saturated heterocycles. The van der Waals surface area contributed by atoms with Crippen LogP contribution in [0.3, 0.4) is 0 Å². The Morgan fingerprint density at radius 2 is 2.32 bits per heavy atom. The Hall–Kier alpha value is -2.06. The zero-order valence-electron chi connectivity index (χ0n) is 11.3. The van der Waals surface area contributed by atoms with Crippen LogP contribution in [0.2, 0.25) is 0 Å². The minimum Gasteiger partial charge on any atom is -0.385 e. The molecule has 1 atom stereocenters. The number of carbonyl (C=O) groups excluding carboxylic acids is 1. The smallest absolute Gasteiger partial charge is 0.242 e. The number of ether oxygens (including phenoxy) is 1. The second-order valence-electron chi connectivity index (χ2n) is 4.20. The molecule has 0 heterocycles. The largest absolute Gasteiger partial charge is 0.385 e. The molecule has 19 heavy (non-hydrogen) atoms. The van der Waals surface area contributed by atoms with Gasteiger partial charge in [-0.05, 0) is 31.5 Å². The fourth-order valence-corrected chi connectivity index (χ4v) is 1.58. The lowest BCUT2D eigenvalue weighted by atomic mass is 10.2. The van der Waals surface area contributed by atoms with Crippen molar-refractivity contribution >= 4 is 11.6 Å². The maximum atomic E-state index is 11.8. The van der Waals surface area contributed by atoms with Crippen LogP contribution >= 0.6 is 0 Å². The highest BCUT2D eigenvalue weighted by Crippen LogP contribution is 2.10. The molecule has 1 aromatic carbocycles. The van der Waals surface area contributed by atoms with Crippen molar-refractivity contribution in [1.82, 2.24) is 5.32 Å². The lowest BCUT2D eigenvalue weighted by molar-refractivity contribution is -0.121. The van der Waals surface area contributed by atoms with E-state index in [-0.39, 0.29) is 11.9 Å². The molecule has 0 aliphatic carbocycles. The van der Waals surface area contributed by atoms with Crippen LogP contribution in [0, 0.1) is 11.3 Å². The zero-order chi connectivity index (χ0) is 14.1. The van der Waals surface area contributed by atoms with Crippen molar-refractivity contribution in [3.63, 3.8) is 0 Å². The van der Waals surface area contributed by atoms with Gasteiger partial charge in [0, 0.05) is 25.9 Å². The van der Waals surface area contributed by atoms with E-state index in [1.54, 1.807) is 32.2 Å². The highest BCUT2D eigenvalue weighted by atomic mass is 16.5. The number of benzene rings is 1. The Bertz CT molecular complexity index is 454.